The van der Waals surface area contributed by atoms with Gasteiger partial charge in [-0.05, 0) is 54.2 Å². The van der Waals surface area contributed by atoms with Crippen molar-refractivity contribution in [2.45, 2.75) is 51.6 Å². The van der Waals surface area contributed by atoms with Crippen molar-refractivity contribution in [3.05, 3.63) is 82.4 Å². The zero-order valence-corrected chi connectivity index (χ0v) is 19.9. The zero-order chi connectivity index (χ0) is 22.8. The molecule has 0 radical (unpaired) electrons. The van der Waals surface area contributed by atoms with Crippen molar-refractivity contribution in [3.8, 4) is 0 Å². The number of benzene rings is 2. The quantitative estimate of drug-likeness (QED) is 0.470. The predicted octanol–water partition coefficient (Wildman–Crippen LogP) is 6.65. The van der Waals surface area contributed by atoms with Gasteiger partial charge >= 0.3 is 0 Å². The molecule has 4 atom stereocenters. The first-order valence-corrected chi connectivity index (χ1v) is 11.5. The van der Waals surface area contributed by atoms with Gasteiger partial charge < -0.3 is 10.0 Å². The second-order valence-electron chi connectivity index (χ2n) is 9.12. The number of carbonyl (C=O) groups excluding carboxylic acids is 1. The molecule has 1 saturated heterocycles. The Balaban J connectivity index is 2.24. The maximum absolute atomic E-state index is 14.0. The lowest BCUT2D eigenvalue weighted by Gasteiger charge is -2.52. The fourth-order valence-corrected chi connectivity index (χ4v) is 5.20. The van der Waals surface area contributed by atoms with Crippen LogP contribution in [-0.2, 0) is 4.79 Å². The number of piperidine rings is 1. The van der Waals surface area contributed by atoms with Crippen LogP contribution in [0.25, 0.3) is 0 Å². The Labute approximate surface area is 195 Å². The van der Waals surface area contributed by atoms with Gasteiger partial charge in [0.25, 0.3) is 0 Å². The number of nitrogens with zero attached hydrogens (tertiary/aromatic N) is 1. The van der Waals surface area contributed by atoms with E-state index in [-0.39, 0.29) is 36.4 Å². The van der Waals surface area contributed by atoms with Gasteiger partial charge in [0.1, 0.15) is 0 Å². The highest BCUT2D eigenvalue weighted by atomic mass is 35.5. The molecule has 0 saturated carbocycles. The Morgan fingerprint density at radius 1 is 1.16 bits per heavy atom. The summed E-state index contributed by atoms with van der Waals surface area (Å²) < 4.78 is 0. The molecule has 0 bridgehead atoms. The van der Waals surface area contributed by atoms with Crippen molar-refractivity contribution in [1.29, 1.82) is 0 Å². The summed E-state index contributed by atoms with van der Waals surface area (Å²) in [5.41, 5.74) is 1.48. The third-order valence-electron chi connectivity index (χ3n) is 6.50. The lowest BCUT2D eigenvalue weighted by molar-refractivity contribution is -0.157. The maximum Gasteiger partial charge on any atom is 0.229 e. The van der Waals surface area contributed by atoms with Crippen molar-refractivity contribution in [2.75, 3.05) is 6.61 Å². The number of carbonyl (C=O) groups is 1. The second kappa shape index (κ2) is 9.77. The molecule has 0 aliphatic carbocycles. The summed E-state index contributed by atoms with van der Waals surface area (Å²) in [6.45, 7) is 9.90. The summed E-state index contributed by atoms with van der Waals surface area (Å²) in [4.78, 5) is 15.9. The van der Waals surface area contributed by atoms with Gasteiger partial charge in [0.2, 0.25) is 5.91 Å². The van der Waals surface area contributed by atoms with Crippen LogP contribution in [0.5, 0.6) is 0 Å². The number of halogens is 2. The molecule has 1 unspecified atom stereocenters. The Bertz CT molecular complexity index is 927. The SMILES string of the molecule is C=CC[C@@]1(C)CC(c2cccc(Cl)c2)[C@@H](c2ccc(Cl)cc2)N([C@H](CO)C(C)C)C1=O. The number of amides is 1. The van der Waals surface area contributed by atoms with E-state index in [1.165, 1.54) is 0 Å². The average molecular weight is 460 g/mol. The first-order chi connectivity index (χ1) is 14.7. The molecule has 1 amide bonds. The number of aliphatic hydroxyl groups excluding tert-OH is 1. The largest absolute Gasteiger partial charge is 0.394 e. The molecule has 0 spiro atoms. The Morgan fingerprint density at radius 2 is 1.84 bits per heavy atom. The molecule has 3 rings (SSSR count). The van der Waals surface area contributed by atoms with Gasteiger partial charge in [-0.3, -0.25) is 4.79 Å². The summed E-state index contributed by atoms with van der Waals surface area (Å²) in [6, 6.07) is 15.0. The number of rotatable bonds is 7. The minimum Gasteiger partial charge on any atom is -0.394 e. The standard InChI is InChI=1S/C26H31Cl2NO2/c1-5-13-26(4)15-22(19-7-6-8-21(28)14-19)24(18-9-11-20(27)12-10-18)29(25(26)31)23(16-30)17(2)3/h5-12,14,17,22-24,30H,1,13,15-16H2,2-4H3/t22?,23-,24-,26+/m1/s1. The van der Waals surface area contributed by atoms with Crippen LogP contribution < -0.4 is 0 Å². The van der Waals surface area contributed by atoms with Gasteiger partial charge in [0, 0.05) is 16.0 Å². The highest BCUT2D eigenvalue weighted by Crippen LogP contribution is 2.52. The minimum atomic E-state index is -0.611. The smallest absolute Gasteiger partial charge is 0.229 e. The zero-order valence-electron chi connectivity index (χ0n) is 18.4. The Hall–Kier alpha value is -1.81. The van der Waals surface area contributed by atoms with Crippen LogP contribution in [0.3, 0.4) is 0 Å². The molecule has 2 aromatic rings. The molecule has 0 aromatic heterocycles. The van der Waals surface area contributed by atoms with Crippen LogP contribution in [0.2, 0.25) is 10.0 Å². The maximum atomic E-state index is 14.0. The molecule has 2 aromatic carbocycles. The lowest BCUT2D eigenvalue weighted by atomic mass is 9.66. The highest BCUT2D eigenvalue weighted by molar-refractivity contribution is 6.30. The van der Waals surface area contributed by atoms with Gasteiger partial charge in [-0.25, -0.2) is 0 Å². The van der Waals surface area contributed by atoms with E-state index in [2.05, 4.69) is 12.6 Å². The van der Waals surface area contributed by atoms with Gasteiger partial charge in [-0.2, -0.15) is 0 Å². The van der Waals surface area contributed by atoms with Crippen molar-refractivity contribution < 1.29 is 9.90 Å². The van der Waals surface area contributed by atoms with E-state index >= 15 is 0 Å². The molecule has 166 valence electrons. The first-order valence-electron chi connectivity index (χ1n) is 10.8. The van der Waals surface area contributed by atoms with Gasteiger partial charge in [0.15, 0.2) is 0 Å². The molecule has 3 nitrogen and oxygen atoms in total. The third kappa shape index (κ3) is 4.84. The molecule has 31 heavy (non-hydrogen) atoms. The molecular weight excluding hydrogens is 429 g/mol. The minimum absolute atomic E-state index is 0.00956. The summed E-state index contributed by atoms with van der Waals surface area (Å²) in [7, 11) is 0. The number of hydrogen-bond donors (Lipinski definition) is 1. The number of allylic oxidation sites excluding steroid dienone is 1. The van der Waals surface area contributed by atoms with E-state index in [1.54, 1.807) is 0 Å². The van der Waals surface area contributed by atoms with E-state index in [1.807, 2.05) is 74.2 Å². The van der Waals surface area contributed by atoms with Crippen LogP contribution in [0.15, 0.2) is 61.2 Å². The summed E-state index contributed by atoms with van der Waals surface area (Å²) in [5.74, 6) is 0.156. The highest BCUT2D eigenvalue weighted by Gasteiger charge is 2.51. The average Bonchev–Trinajstić information content (AvgIpc) is 2.72. The van der Waals surface area contributed by atoms with E-state index in [9.17, 15) is 9.90 Å². The lowest BCUT2D eigenvalue weighted by Crippen LogP contribution is -2.57. The normalized spacial score (nSPS) is 25.0. The summed E-state index contributed by atoms with van der Waals surface area (Å²) in [5, 5.41) is 11.6. The Kier molecular flexibility index (Phi) is 7.51. The number of hydrogen-bond acceptors (Lipinski definition) is 2. The summed E-state index contributed by atoms with van der Waals surface area (Å²) in [6.07, 6.45) is 3.05. The van der Waals surface area contributed by atoms with Crippen LogP contribution in [0.1, 0.15) is 56.7 Å². The number of aliphatic hydroxyl groups is 1. The molecule has 5 heteroatoms. The molecular formula is C26H31Cl2NO2. The Morgan fingerprint density at radius 3 is 2.39 bits per heavy atom. The van der Waals surface area contributed by atoms with Crippen molar-refractivity contribution >= 4 is 29.1 Å². The number of likely N-dealkylation sites (tertiary alicyclic amines) is 1. The monoisotopic (exact) mass is 459 g/mol. The first kappa shape index (κ1) is 23.8. The van der Waals surface area contributed by atoms with Crippen molar-refractivity contribution in [1.82, 2.24) is 4.90 Å². The van der Waals surface area contributed by atoms with Gasteiger partial charge in [0.05, 0.1) is 24.1 Å². The molecule has 1 heterocycles. The van der Waals surface area contributed by atoms with E-state index in [0.29, 0.717) is 22.9 Å². The summed E-state index contributed by atoms with van der Waals surface area (Å²) >= 11 is 12.5. The predicted molar refractivity (Wildman–Crippen MR) is 128 cm³/mol. The van der Waals surface area contributed by atoms with Crippen LogP contribution in [0.4, 0.5) is 0 Å². The van der Waals surface area contributed by atoms with E-state index < -0.39 is 5.41 Å². The molecule has 1 N–H and O–H groups in total. The third-order valence-corrected chi connectivity index (χ3v) is 6.99. The second-order valence-corrected chi connectivity index (χ2v) is 9.99. The van der Waals surface area contributed by atoms with Crippen LogP contribution in [-0.4, -0.2) is 28.6 Å². The topological polar surface area (TPSA) is 40.5 Å². The van der Waals surface area contributed by atoms with Crippen LogP contribution >= 0.6 is 23.2 Å². The van der Waals surface area contributed by atoms with Crippen molar-refractivity contribution in [2.24, 2.45) is 11.3 Å². The molecule has 1 aliphatic rings. The fraction of sp³-hybridized carbons (Fsp3) is 0.423. The van der Waals surface area contributed by atoms with Crippen molar-refractivity contribution in [3.63, 3.8) is 0 Å². The van der Waals surface area contributed by atoms with Crippen LogP contribution in [0, 0.1) is 11.3 Å². The van der Waals surface area contributed by atoms with E-state index in [0.717, 1.165) is 11.1 Å². The van der Waals surface area contributed by atoms with E-state index in [4.69, 9.17) is 23.2 Å². The fourth-order valence-electron chi connectivity index (χ4n) is 4.87. The van der Waals surface area contributed by atoms with Gasteiger partial charge in [-0.1, -0.05) is 74.3 Å². The molecule has 1 aliphatic heterocycles. The molecule has 1 fully saturated rings. The van der Waals surface area contributed by atoms with Gasteiger partial charge in [-0.15, -0.1) is 6.58 Å².